The summed E-state index contributed by atoms with van der Waals surface area (Å²) in [5.74, 6) is 0.878. The molecule has 1 saturated carbocycles. The van der Waals surface area contributed by atoms with Crippen molar-refractivity contribution in [2.45, 2.75) is 19.5 Å². The maximum Gasteiger partial charge on any atom is 0.573 e. The van der Waals surface area contributed by atoms with Gasteiger partial charge in [0.2, 0.25) is 0 Å². The number of amides is 1. The van der Waals surface area contributed by atoms with Crippen LogP contribution in [0.4, 0.5) is 13.2 Å². The van der Waals surface area contributed by atoms with Gasteiger partial charge in [0.15, 0.2) is 0 Å². The van der Waals surface area contributed by atoms with E-state index in [-0.39, 0.29) is 18.2 Å². The maximum absolute atomic E-state index is 13.2. The summed E-state index contributed by atoms with van der Waals surface area (Å²) >= 11 is 7.31. The Morgan fingerprint density at radius 2 is 1.89 bits per heavy atom. The van der Waals surface area contributed by atoms with Crippen LogP contribution in [0.5, 0.6) is 5.75 Å². The summed E-state index contributed by atoms with van der Waals surface area (Å²) in [6, 6.07) is 13.7. The van der Waals surface area contributed by atoms with E-state index in [4.69, 9.17) is 11.6 Å². The number of fused-ring (bicyclic) bond motifs is 1. The van der Waals surface area contributed by atoms with Crippen LogP contribution in [0.3, 0.4) is 0 Å². The van der Waals surface area contributed by atoms with Crippen molar-refractivity contribution in [1.29, 1.82) is 0 Å². The number of carbonyl (C=O) groups is 1. The zero-order chi connectivity index (χ0) is 24.6. The first kappa shape index (κ1) is 24.1. The second-order valence-corrected chi connectivity index (χ2v) is 10.2. The van der Waals surface area contributed by atoms with Crippen molar-refractivity contribution in [3.05, 3.63) is 81.3 Å². The molecule has 2 heterocycles. The largest absolute Gasteiger partial charge is 0.573 e. The minimum Gasteiger partial charge on any atom is -0.406 e. The van der Waals surface area contributed by atoms with Gasteiger partial charge in [-0.3, -0.25) is 9.69 Å². The molecule has 0 bridgehead atoms. The molecule has 184 valence electrons. The van der Waals surface area contributed by atoms with Crippen LogP contribution < -0.4 is 4.74 Å². The quantitative estimate of drug-likeness (QED) is 0.380. The third kappa shape index (κ3) is 5.97. The number of aromatic nitrogens is 1. The molecule has 0 radical (unpaired) electrons. The molecule has 0 spiro atoms. The number of likely N-dealkylation sites (tertiary alicyclic amines) is 1. The van der Waals surface area contributed by atoms with Gasteiger partial charge < -0.3 is 9.64 Å². The van der Waals surface area contributed by atoms with Crippen molar-refractivity contribution < 1.29 is 22.7 Å². The van der Waals surface area contributed by atoms with Gasteiger partial charge in [0.1, 0.15) is 11.4 Å². The van der Waals surface area contributed by atoms with Crippen LogP contribution in [-0.4, -0.2) is 46.7 Å². The average molecular weight is 522 g/mol. The van der Waals surface area contributed by atoms with Crippen molar-refractivity contribution >= 4 is 28.8 Å². The summed E-state index contributed by atoms with van der Waals surface area (Å²) in [5.41, 5.74) is 3.75. The molecule has 2 atom stereocenters. The van der Waals surface area contributed by atoms with E-state index >= 15 is 0 Å². The molecule has 2 aromatic carbocycles. The molecule has 10 heteroatoms. The van der Waals surface area contributed by atoms with Crippen molar-refractivity contribution in [2.75, 3.05) is 19.6 Å². The number of carbonyl (C=O) groups excluding carboxylic acids is 1. The summed E-state index contributed by atoms with van der Waals surface area (Å²) in [6.07, 6.45) is -4.77. The summed E-state index contributed by atoms with van der Waals surface area (Å²) in [4.78, 5) is 21.4. The Morgan fingerprint density at radius 1 is 1.14 bits per heavy atom. The summed E-state index contributed by atoms with van der Waals surface area (Å²) in [5, 5.41) is 2.42. The van der Waals surface area contributed by atoms with Crippen LogP contribution in [0.15, 0.2) is 59.4 Å². The third-order valence-electron chi connectivity index (χ3n) is 6.64. The van der Waals surface area contributed by atoms with E-state index in [1.807, 2.05) is 24.3 Å². The first-order chi connectivity index (χ1) is 16.7. The fourth-order valence-corrected chi connectivity index (χ4v) is 5.65. The van der Waals surface area contributed by atoms with Gasteiger partial charge in [-0.2, -0.15) is 0 Å². The first-order valence-electron chi connectivity index (χ1n) is 11.2. The highest BCUT2D eigenvalue weighted by Crippen LogP contribution is 2.52. The lowest BCUT2D eigenvalue weighted by Crippen LogP contribution is -2.35. The standard InChI is InChI=1S/C25H23ClF3N3O2S/c26-18-6-4-16(5-7-18)9-31-11-20-21(12-31)22(20)13-32(24(33)23-14-35-15-30-23)10-17-2-1-3-19(8-17)34-25(27,28)29/h1-8,14-15,20-22H,9-13H2. The zero-order valence-corrected chi connectivity index (χ0v) is 20.2. The lowest BCUT2D eigenvalue weighted by atomic mass is 10.1. The Labute approximate surface area is 210 Å². The maximum atomic E-state index is 13.2. The molecule has 1 amide bonds. The van der Waals surface area contributed by atoms with Crippen molar-refractivity contribution in [2.24, 2.45) is 17.8 Å². The molecule has 3 aromatic rings. The Hall–Kier alpha value is -2.62. The van der Waals surface area contributed by atoms with Crippen molar-refractivity contribution in [3.8, 4) is 5.75 Å². The van der Waals surface area contributed by atoms with Crippen LogP contribution in [-0.2, 0) is 13.1 Å². The Bertz CT molecular complexity index is 1160. The summed E-state index contributed by atoms with van der Waals surface area (Å²) in [6.45, 7) is 3.53. The van der Waals surface area contributed by atoms with E-state index in [1.165, 1.54) is 35.1 Å². The van der Waals surface area contributed by atoms with E-state index < -0.39 is 6.36 Å². The molecule has 35 heavy (non-hydrogen) atoms. The fraction of sp³-hybridized carbons (Fsp3) is 0.360. The zero-order valence-electron chi connectivity index (χ0n) is 18.6. The molecule has 5 rings (SSSR count). The highest BCUT2D eigenvalue weighted by molar-refractivity contribution is 7.07. The predicted octanol–water partition coefficient (Wildman–Crippen LogP) is 5.72. The van der Waals surface area contributed by atoms with Gasteiger partial charge in [0.25, 0.3) is 5.91 Å². The van der Waals surface area contributed by atoms with Crippen LogP contribution in [0.2, 0.25) is 5.02 Å². The van der Waals surface area contributed by atoms with Gasteiger partial charge in [-0.15, -0.1) is 24.5 Å². The normalized spacial score (nSPS) is 21.5. The van der Waals surface area contributed by atoms with E-state index in [0.717, 1.165) is 24.7 Å². The smallest absolute Gasteiger partial charge is 0.406 e. The molecule has 2 unspecified atom stereocenters. The van der Waals surface area contributed by atoms with Gasteiger partial charge in [0.05, 0.1) is 5.51 Å². The molecule has 1 aliphatic carbocycles. The van der Waals surface area contributed by atoms with Gasteiger partial charge in [-0.1, -0.05) is 35.9 Å². The van der Waals surface area contributed by atoms with Crippen molar-refractivity contribution in [1.82, 2.24) is 14.8 Å². The highest BCUT2D eigenvalue weighted by Gasteiger charge is 2.55. The predicted molar refractivity (Wildman–Crippen MR) is 127 cm³/mol. The summed E-state index contributed by atoms with van der Waals surface area (Å²) < 4.78 is 42.0. The Kier molecular flexibility index (Phi) is 6.74. The van der Waals surface area contributed by atoms with Crippen LogP contribution in [0.1, 0.15) is 21.6 Å². The molecule has 1 aliphatic heterocycles. The lowest BCUT2D eigenvalue weighted by molar-refractivity contribution is -0.274. The second kappa shape index (κ2) is 9.79. The molecule has 2 aliphatic rings. The van der Waals surface area contributed by atoms with Gasteiger partial charge in [-0.25, -0.2) is 4.98 Å². The molecule has 1 aromatic heterocycles. The number of nitrogens with zero attached hydrogens (tertiary/aromatic N) is 3. The Balaban J connectivity index is 1.24. The van der Waals surface area contributed by atoms with E-state index in [0.29, 0.717) is 35.6 Å². The van der Waals surface area contributed by atoms with E-state index in [2.05, 4.69) is 14.6 Å². The van der Waals surface area contributed by atoms with E-state index in [1.54, 1.807) is 21.9 Å². The third-order valence-corrected chi connectivity index (χ3v) is 7.48. The number of piperidine rings is 1. The first-order valence-corrected chi connectivity index (χ1v) is 12.6. The lowest BCUT2D eigenvalue weighted by Gasteiger charge is -2.25. The van der Waals surface area contributed by atoms with Crippen LogP contribution in [0, 0.1) is 17.8 Å². The second-order valence-electron chi connectivity index (χ2n) is 9.07. The number of hydrogen-bond acceptors (Lipinski definition) is 5. The van der Waals surface area contributed by atoms with E-state index in [9.17, 15) is 18.0 Å². The number of halogens is 4. The van der Waals surface area contributed by atoms with Gasteiger partial charge in [0, 0.05) is 43.1 Å². The van der Waals surface area contributed by atoms with Gasteiger partial charge >= 0.3 is 6.36 Å². The molecular weight excluding hydrogens is 499 g/mol. The Morgan fingerprint density at radius 3 is 2.54 bits per heavy atom. The monoisotopic (exact) mass is 521 g/mol. The highest BCUT2D eigenvalue weighted by atomic mass is 35.5. The topological polar surface area (TPSA) is 45.7 Å². The molecule has 1 saturated heterocycles. The number of benzene rings is 2. The average Bonchev–Trinajstić information content (AvgIpc) is 3.20. The molecular formula is C25H23ClF3N3O2S. The molecule has 0 N–H and O–H groups in total. The van der Waals surface area contributed by atoms with Crippen molar-refractivity contribution in [3.63, 3.8) is 0 Å². The van der Waals surface area contributed by atoms with Crippen LogP contribution >= 0.6 is 22.9 Å². The number of ether oxygens (including phenoxy) is 1. The minimum atomic E-state index is -4.77. The van der Waals surface area contributed by atoms with Crippen LogP contribution in [0.25, 0.3) is 0 Å². The number of thiazole rings is 1. The number of rotatable bonds is 8. The fourth-order valence-electron chi connectivity index (χ4n) is 5.00. The molecule has 2 fully saturated rings. The minimum absolute atomic E-state index is 0.190. The van der Waals surface area contributed by atoms with Gasteiger partial charge in [-0.05, 0) is 53.1 Å². The molecule has 5 nitrogen and oxygen atoms in total. The SMILES string of the molecule is O=C(c1cscn1)N(Cc1cccc(OC(F)(F)F)c1)CC1C2CN(Cc3ccc(Cl)cc3)CC21. The number of alkyl halides is 3. The number of hydrogen-bond donors (Lipinski definition) is 0. The summed E-state index contributed by atoms with van der Waals surface area (Å²) in [7, 11) is 0.